The first kappa shape index (κ1) is 13.7. The van der Waals surface area contributed by atoms with Gasteiger partial charge >= 0.3 is 0 Å². The van der Waals surface area contributed by atoms with Crippen LogP contribution in [0.3, 0.4) is 0 Å². The lowest BCUT2D eigenvalue weighted by Gasteiger charge is -2.21. The predicted octanol–water partition coefficient (Wildman–Crippen LogP) is 2.18. The average Bonchev–Trinajstić information content (AvgIpc) is 2.53. The van der Waals surface area contributed by atoms with Crippen molar-refractivity contribution in [3.05, 3.63) is 59.0 Å². The van der Waals surface area contributed by atoms with E-state index in [4.69, 9.17) is 0 Å². The van der Waals surface area contributed by atoms with Gasteiger partial charge in [-0.05, 0) is 24.3 Å². The van der Waals surface area contributed by atoms with E-state index < -0.39 is 0 Å². The molecular formula is C15H13N3O2S. The van der Waals surface area contributed by atoms with Crippen molar-refractivity contribution in [3.8, 4) is 0 Å². The molecule has 0 aliphatic carbocycles. The van der Waals surface area contributed by atoms with Crippen molar-refractivity contribution in [3.63, 3.8) is 0 Å². The van der Waals surface area contributed by atoms with E-state index in [2.05, 4.69) is 9.97 Å². The molecule has 2 aromatic heterocycles. The van der Waals surface area contributed by atoms with Gasteiger partial charge in [0.05, 0.1) is 12.0 Å². The molecule has 0 spiro atoms. The van der Waals surface area contributed by atoms with Gasteiger partial charge in [-0.25, -0.2) is 4.98 Å². The van der Waals surface area contributed by atoms with E-state index in [9.17, 15) is 9.90 Å². The Morgan fingerprint density at radius 3 is 2.71 bits per heavy atom. The molecular weight excluding hydrogens is 286 g/mol. The number of aliphatic hydroxyl groups excluding tert-OH is 1. The smallest absolute Gasteiger partial charge is 0.282 e. The molecule has 2 heterocycles. The maximum Gasteiger partial charge on any atom is 0.282 e. The largest absolute Gasteiger partial charge is 0.395 e. The van der Waals surface area contributed by atoms with E-state index >= 15 is 0 Å². The summed E-state index contributed by atoms with van der Waals surface area (Å²) in [7, 11) is 0. The second kappa shape index (κ2) is 5.99. The van der Waals surface area contributed by atoms with Crippen molar-refractivity contribution in [2.45, 2.75) is 0 Å². The molecule has 0 unspecified atom stereocenters. The van der Waals surface area contributed by atoms with Crippen LogP contribution in [0.4, 0.5) is 10.8 Å². The van der Waals surface area contributed by atoms with Crippen LogP contribution in [0.2, 0.25) is 0 Å². The molecule has 0 aliphatic rings. The number of anilines is 2. The number of hydrogen-bond acceptors (Lipinski definition) is 6. The van der Waals surface area contributed by atoms with Crippen LogP contribution in [-0.2, 0) is 0 Å². The third-order valence-corrected chi connectivity index (χ3v) is 4.02. The zero-order valence-corrected chi connectivity index (χ0v) is 12.0. The van der Waals surface area contributed by atoms with Crippen LogP contribution < -0.4 is 10.5 Å². The van der Waals surface area contributed by atoms with Crippen molar-refractivity contribution < 1.29 is 5.11 Å². The number of aromatic nitrogens is 2. The number of para-hydroxylation sites is 1. The summed E-state index contributed by atoms with van der Waals surface area (Å²) in [6, 6.07) is 13.0. The lowest BCUT2D eigenvalue weighted by Crippen LogP contribution is -2.23. The summed E-state index contributed by atoms with van der Waals surface area (Å²) >= 11 is 1.34. The maximum atomic E-state index is 12.1. The molecule has 0 aliphatic heterocycles. The molecule has 6 heteroatoms. The molecule has 5 nitrogen and oxygen atoms in total. The number of nitrogens with zero attached hydrogens (tertiary/aromatic N) is 3. The maximum absolute atomic E-state index is 12.1. The van der Waals surface area contributed by atoms with Gasteiger partial charge in [0.2, 0.25) is 0 Å². The van der Waals surface area contributed by atoms with Gasteiger partial charge in [-0.1, -0.05) is 29.5 Å². The summed E-state index contributed by atoms with van der Waals surface area (Å²) in [6.07, 6.45) is 1.65. The average molecular weight is 299 g/mol. The summed E-state index contributed by atoms with van der Waals surface area (Å²) in [4.78, 5) is 22.9. The molecule has 0 amide bonds. The first-order valence-electron chi connectivity index (χ1n) is 6.49. The van der Waals surface area contributed by atoms with Crippen LogP contribution in [0.5, 0.6) is 0 Å². The highest BCUT2D eigenvalue weighted by atomic mass is 32.1. The molecule has 106 valence electrons. The fourth-order valence-corrected chi connectivity index (χ4v) is 3.04. The van der Waals surface area contributed by atoms with Crippen molar-refractivity contribution in [2.24, 2.45) is 0 Å². The SMILES string of the molecule is O=c1nc(N(CCO)c2ccccc2)sc2ncccc12. The van der Waals surface area contributed by atoms with E-state index in [0.717, 1.165) is 5.69 Å². The number of aliphatic hydroxyl groups is 1. The van der Waals surface area contributed by atoms with E-state index in [0.29, 0.717) is 21.9 Å². The Hall–Kier alpha value is -2.31. The van der Waals surface area contributed by atoms with E-state index in [-0.39, 0.29) is 12.2 Å². The molecule has 3 aromatic rings. The number of benzene rings is 1. The number of hydrogen-bond donors (Lipinski definition) is 1. The summed E-state index contributed by atoms with van der Waals surface area (Å²) in [5.41, 5.74) is 0.579. The highest BCUT2D eigenvalue weighted by molar-refractivity contribution is 7.21. The Balaban J connectivity index is 2.14. The zero-order valence-electron chi connectivity index (χ0n) is 11.1. The van der Waals surface area contributed by atoms with E-state index in [1.54, 1.807) is 18.3 Å². The van der Waals surface area contributed by atoms with Crippen LogP contribution in [0.1, 0.15) is 0 Å². The fraction of sp³-hybridized carbons (Fsp3) is 0.133. The topological polar surface area (TPSA) is 66.3 Å². The quantitative estimate of drug-likeness (QED) is 0.800. The lowest BCUT2D eigenvalue weighted by molar-refractivity contribution is 0.305. The van der Waals surface area contributed by atoms with Gasteiger partial charge in [0.15, 0.2) is 5.13 Å². The molecule has 1 aromatic carbocycles. The van der Waals surface area contributed by atoms with Gasteiger partial charge in [0.1, 0.15) is 4.83 Å². The third-order valence-electron chi connectivity index (χ3n) is 3.01. The normalized spacial score (nSPS) is 10.7. The second-order valence-electron chi connectivity index (χ2n) is 4.37. The van der Waals surface area contributed by atoms with Crippen LogP contribution in [0, 0.1) is 0 Å². The Kier molecular flexibility index (Phi) is 3.89. The molecule has 0 bridgehead atoms. The summed E-state index contributed by atoms with van der Waals surface area (Å²) in [5.74, 6) is 0. The minimum Gasteiger partial charge on any atom is -0.395 e. The standard InChI is InChI=1S/C15H13N3O2S/c19-10-9-18(11-5-2-1-3-6-11)15-17-13(20)12-7-4-8-16-14(12)21-15/h1-8,19H,9-10H2. The molecule has 0 saturated heterocycles. The highest BCUT2D eigenvalue weighted by Gasteiger charge is 2.14. The minimum atomic E-state index is -0.300. The van der Waals surface area contributed by atoms with Crippen LogP contribution >= 0.6 is 11.3 Å². The first-order valence-corrected chi connectivity index (χ1v) is 7.30. The molecule has 0 fully saturated rings. The molecule has 0 atom stereocenters. The predicted molar refractivity (Wildman–Crippen MR) is 84.2 cm³/mol. The molecule has 0 saturated carbocycles. The Labute approximate surface area is 125 Å². The van der Waals surface area contributed by atoms with Gasteiger partial charge in [-0.2, -0.15) is 4.98 Å². The van der Waals surface area contributed by atoms with Crippen molar-refractivity contribution in [1.29, 1.82) is 0 Å². The van der Waals surface area contributed by atoms with Crippen LogP contribution in [0.15, 0.2) is 53.5 Å². The molecule has 3 rings (SSSR count). The Morgan fingerprint density at radius 2 is 1.95 bits per heavy atom. The van der Waals surface area contributed by atoms with Gasteiger partial charge in [-0.3, -0.25) is 4.79 Å². The summed E-state index contributed by atoms with van der Waals surface area (Å²) in [5, 5.41) is 10.3. The zero-order chi connectivity index (χ0) is 14.7. The van der Waals surface area contributed by atoms with Crippen molar-refractivity contribution >= 4 is 32.4 Å². The van der Waals surface area contributed by atoms with E-state index in [1.165, 1.54) is 11.3 Å². The van der Waals surface area contributed by atoms with Gasteiger partial charge in [0.25, 0.3) is 5.56 Å². The summed E-state index contributed by atoms with van der Waals surface area (Å²) in [6.45, 7) is 0.336. The van der Waals surface area contributed by atoms with Crippen LogP contribution in [0.25, 0.3) is 10.2 Å². The number of fused-ring (bicyclic) bond motifs is 1. The molecule has 0 radical (unpaired) electrons. The molecule has 1 N–H and O–H groups in total. The monoisotopic (exact) mass is 299 g/mol. The second-order valence-corrected chi connectivity index (χ2v) is 5.32. The van der Waals surface area contributed by atoms with Crippen molar-refractivity contribution in [1.82, 2.24) is 9.97 Å². The summed E-state index contributed by atoms with van der Waals surface area (Å²) < 4.78 is 0. The third kappa shape index (κ3) is 2.76. The van der Waals surface area contributed by atoms with Crippen molar-refractivity contribution in [2.75, 3.05) is 18.1 Å². The van der Waals surface area contributed by atoms with E-state index in [1.807, 2.05) is 35.2 Å². The highest BCUT2D eigenvalue weighted by Crippen LogP contribution is 2.28. The number of pyridine rings is 1. The van der Waals surface area contributed by atoms with Gasteiger partial charge < -0.3 is 10.0 Å². The first-order chi connectivity index (χ1) is 10.3. The minimum absolute atomic E-state index is 0.0300. The number of rotatable bonds is 4. The van der Waals surface area contributed by atoms with Gasteiger partial charge in [-0.15, -0.1) is 0 Å². The van der Waals surface area contributed by atoms with Gasteiger partial charge in [0, 0.05) is 18.4 Å². The molecule has 21 heavy (non-hydrogen) atoms. The Bertz CT molecular complexity index is 805. The van der Waals surface area contributed by atoms with Crippen LogP contribution in [-0.4, -0.2) is 28.2 Å². The fourth-order valence-electron chi connectivity index (χ4n) is 2.05. The Morgan fingerprint density at radius 1 is 1.14 bits per heavy atom. The lowest BCUT2D eigenvalue weighted by atomic mass is 10.3.